The summed E-state index contributed by atoms with van der Waals surface area (Å²) in [7, 11) is 1.64. The molecule has 0 aliphatic carbocycles. The van der Waals surface area contributed by atoms with Crippen LogP contribution in [0, 0.1) is 17.1 Å². The van der Waals surface area contributed by atoms with Crippen molar-refractivity contribution in [3.63, 3.8) is 0 Å². The summed E-state index contributed by atoms with van der Waals surface area (Å²) in [6.07, 6.45) is 0.863. The highest BCUT2D eigenvalue weighted by molar-refractivity contribution is 5.32. The topological polar surface area (TPSA) is 45.0 Å². The standard InChI is InChI=1S/C17H17FN2O/c1-21-16-6-3-13(4-7-16)8-9-20-12-15-5-2-14(11-19)10-17(15)18/h2-7,10,20H,8-9,12H2,1H3. The lowest BCUT2D eigenvalue weighted by atomic mass is 10.1. The highest BCUT2D eigenvalue weighted by Gasteiger charge is 2.03. The fourth-order valence-electron chi connectivity index (χ4n) is 2.01. The number of nitrogens with one attached hydrogen (secondary N) is 1. The van der Waals surface area contributed by atoms with Gasteiger partial charge in [-0.15, -0.1) is 0 Å². The first-order valence-electron chi connectivity index (χ1n) is 6.75. The normalized spacial score (nSPS) is 10.1. The summed E-state index contributed by atoms with van der Waals surface area (Å²) in [5.41, 5.74) is 2.11. The first kappa shape index (κ1) is 15.0. The maximum Gasteiger partial charge on any atom is 0.129 e. The minimum atomic E-state index is -0.342. The van der Waals surface area contributed by atoms with E-state index in [0.29, 0.717) is 17.7 Å². The molecule has 2 rings (SSSR count). The third kappa shape index (κ3) is 4.30. The molecule has 2 aromatic carbocycles. The van der Waals surface area contributed by atoms with E-state index in [1.807, 2.05) is 30.3 Å². The minimum absolute atomic E-state index is 0.342. The average molecular weight is 284 g/mol. The van der Waals surface area contributed by atoms with Crippen molar-refractivity contribution in [3.05, 3.63) is 65.0 Å². The molecule has 0 radical (unpaired) electrons. The number of ether oxygens (including phenoxy) is 1. The molecule has 0 saturated heterocycles. The molecule has 108 valence electrons. The van der Waals surface area contributed by atoms with Crippen LogP contribution in [-0.4, -0.2) is 13.7 Å². The summed E-state index contributed by atoms with van der Waals surface area (Å²) in [6.45, 7) is 1.21. The van der Waals surface area contributed by atoms with Gasteiger partial charge in [0, 0.05) is 12.1 Å². The number of benzene rings is 2. The predicted molar refractivity (Wildman–Crippen MR) is 79.5 cm³/mol. The van der Waals surface area contributed by atoms with Gasteiger partial charge in [-0.25, -0.2) is 4.39 Å². The van der Waals surface area contributed by atoms with Crippen LogP contribution >= 0.6 is 0 Å². The van der Waals surface area contributed by atoms with Gasteiger partial charge in [0.05, 0.1) is 18.7 Å². The number of rotatable bonds is 6. The lowest BCUT2D eigenvalue weighted by Crippen LogP contribution is -2.17. The minimum Gasteiger partial charge on any atom is -0.497 e. The molecule has 0 amide bonds. The van der Waals surface area contributed by atoms with E-state index in [9.17, 15) is 4.39 Å². The Morgan fingerprint density at radius 1 is 1.19 bits per heavy atom. The largest absolute Gasteiger partial charge is 0.497 e. The fourth-order valence-corrected chi connectivity index (χ4v) is 2.01. The maximum absolute atomic E-state index is 13.7. The van der Waals surface area contributed by atoms with E-state index in [1.165, 1.54) is 11.6 Å². The van der Waals surface area contributed by atoms with Gasteiger partial charge in [0.2, 0.25) is 0 Å². The monoisotopic (exact) mass is 284 g/mol. The smallest absolute Gasteiger partial charge is 0.129 e. The zero-order valence-electron chi connectivity index (χ0n) is 11.9. The molecule has 0 atom stereocenters. The second-order valence-corrected chi connectivity index (χ2v) is 4.69. The van der Waals surface area contributed by atoms with E-state index in [4.69, 9.17) is 10.00 Å². The van der Waals surface area contributed by atoms with Gasteiger partial charge >= 0.3 is 0 Å². The molecule has 4 heteroatoms. The van der Waals surface area contributed by atoms with Crippen LogP contribution in [0.5, 0.6) is 5.75 Å². The molecule has 0 fully saturated rings. The summed E-state index contributed by atoms with van der Waals surface area (Å²) in [6, 6.07) is 14.3. The van der Waals surface area contributed by atoms with Crippen molar-refractivity contribution in [1.82, 2.24) is 5.32 Å². The Kier molecular flexibility index (Phi) is 5.30. The molecule has 0 bridgehead atoms. The molecule has 21 heavy (non-hydrogen) atoms. The number of hydrogen-bond acceptors (Lipinski definition) is 3. The molecule has 1 N–H and O–H groups in total. The van der Waals surface area contributed by atoms with Gasteiger partial charge in [0.25, 0.3) is 0 Å². The van der Waals surface area contributed by atoms with Crippen molar-refractivity contribution < 1.29 is 9.13 Å². The Bertz CT molecular complexity index is 632. The van der Waals surface area contributed by atoms with E-state index < -0.39 is 0 Å². The van der Waals surface area contributed by atoms with Gasteiger partial charge in [0.15, 0.2) is 0 Å². The molecular weight excluding hydrogens is 267 g/mol. The second-order valence-electron chi connectivity index (χ2n) is 4.69. The van der Waals surface area contributed by atoms with Gasteiger partial charge in [-0.2, -0.15) is 5.26 Å². The van der Waals surface area contributed by atoms with Crippen LogP contribution in [0.15, 0.2) is 42.5 Å². The fraction of sp³-hybridized carbons (Fsp3) is 0.235. The first-order valence-corrected chi connectivity index (χ1v) is 6.75. The summed E-state index contributed by atoms with van der Waals surface area (Å²) >= 11 is 0. The van der Waals surface area contributed by atoms with Crippen LogP contribution in [0.1, 0.15) is 16.7 Å². The van der Waals surface area contributed by atoms with Gasteiger partial charge in [-0.05, 0) is 42.8 Å². The lowest BCUT2D eigenvalue weighted by molar-refractivity contribution is 0.414. The van der Waals surface area contributed by atoms with Gasteiger partial charge < -0.3 is 10.1 Å². The lowest BCUT2D eigenvalue weighted by Gasteiger charge is -2.07. The Balaban J connectivity index is 1.80. The molecule has 2 aromatic rings. The van der Waals surface area contributed by atoms with Crippen molar-refractivity contribution in [2.75, 3.05) is 13.7 Å². The third-order valence-corrected chi connectivity index (χ3v) is 3.25. The van der Waals surface area contributed by atoms with Crippen molar-refractivity contribution in [2.24, 2.45) is 0 Å². The molecule has 3 nitrogen and oxygen atoms in total. The van der Waals surface area contributed by atoms with E-state index in [2.05, 4.69) is 5.32 Å². The zero-order valence-corrected chi connectivity index (χ0v) is 11.9. The van der Waals surface area contributed by atoms with Crippen LogP contribution in [-0.2, 0) is 13.0 Å². The average Bonchev–Trinajstić information content (AvgIpc) is 2.53. The Hall–Kier alpha value is -2.38. The molecule has 0 aliphatic heterocycles. The first-order chi connectivity index (χ1) is 10.2. The molecule has 0 spiro atoms. The second kappa shape index (κ2) is 7.41. The van der Waals surface area contributed by atoms with Crippen LogP contribution < -0.4 is 10.1 Å². The van der Waals surface area contributed by atoms with Crippen LogP contribution in [0.25, 0.3) is 0 Å². The zero-order chi connectivity index (χ0) is 15.1. The number of nitriles is 1. The Morgan fingerprint density at radius 3 is 2.57 bits per heavy atom. The Labute approximate surface area is 124 Å². The van der Waals surface area contributed by atoms with Gasteiger partial charge in [0.1, 0.15) is 11.6 Å². The third-order valence-electron chi connectivity index (χ3n) is 3.25. The molecule has 0 unspecified atom stereocenters. The van der Waals surface area contributed by atoms with Crippen LogP contribution in [0.3, 0.4) is 0 Å². The van der Waals surface area contributed by atoms with Crippen molar-refractivity contribution in [2.45, 2.75) is 13.0 Å². The Morgan fingerprint density at radius 2 is 1.95 bits per heavy atom. The number of halogens is 1. The van der Waals surface area contributed by atoms with Crippen LogP contribution in [0.4, 0.5) is 4.39 Å². The van der Waals surface area contributed by atoms with E-state index in [-0.39, 0.29) is 5.82 Å². The van der Waals surface area contributed by atoms with Crippen LogP contribution in [0.2, 0.25) is 0 Å². The molecular formula is C17H17FN2O. The summed E-state index contributed by atoms with van der Waals surface area (Å²) in [4.78, 5) is 0. The quantitative estimate of drug-likeness (QED) is 0.829. The van der Waals surface area contributed by atoms with E-state index in [0.717, 1.165) is 18.7 Å². The van der Waals surface area contributed by atoms with E-state index >= 15 is 0 Å². The highest BCUT2D eigenvalue weighted by atomic mass is 19.1. The number of hydrogen-bond donors (Lipinski definition) is 1. The number of methoxy groups -OCH3 is 1. The summed E-state index contributed by atoms with van der Waals surface area (Å²) in [5, 5.41) is 11.9. The number of nitrogens with zero attached hydrogens (tertiary/aromatic N) is 1. The summed E-state index contributed by atoms with van der Waals surface area (Å²) < 4.78 is 18.8. The van der Waals surface area contributed by atoms with Crippen molar-refractivity contribution in [1.29, 1.82) is 5.26 Å². The van der Waals surface area contributed by atoms with Crippen molar-refractivity contribution in [3.8, 4) is 11.8 Å². The van der Waals surface area contributed by atoms with E-state index in [1.54, 1.807) is 19.2 Å². The SMILES string of the molecule is COc1ccc(CCNCc2ccc(C#N)cc2F)cc1. The van der Waals surface area contributed by atoms with Gasteiger partial charge in [-0.1, -0.05) is 18.2 Å². The molecule has 0 aliphatic rings. The van der Waals surface area contributed by atoms with Crippen molar-refractivity contribution >= 4 is 0 Å². The summed E-state index contributed by atoms with van der Waals surface area (Å²) in [5.74, 6) is 0.498. The molecule has 0 aromatic heterocycles. The molecule has 0 saturated carbocycles. The highest BCUT2D eigenvalue weighted by Crippen LogP contribution is 2.12. The van der Waals surface area contributed by atoms with Gasteiger partial charge in [-0.3, -0.25) is 0 Å². The molecule has 0 heterocycles. The predicted octanol–water partition coefficient (Wildman–Crippen LogP) is 3.04. The maximum atomic E-state index is 13.7.